The highest BCUT2D eigenvalue weighted by Crippen LogP contribution is 2.14. The van der Waals surface area contributed by atoms with Gasteiger partial charge < -0.3 is 30.0 Å². The zero-order valence-electron chi connectivity index (χ0n) is 35.2. The Balaban J connectivity index is 4.43. The molecule has 0 rings (SSSR count). The molecular weight excluding hydrogens is 681 g/mol. The van der Waals surface area contributed by atoms with Crippen molar-refractivity contribution in [1.29, 1.82) is 0 Å². The smallest absolute Gasteiger partial charge is 0.306 e. The minimum Gasteiger partial charge on any atom is -0.463 e. The minimum absolute atomic E-state index is 0.00573. The van der Waals surface area contributed by atoms with Crippen LogP contribution in [0.4, 0.5) is 0 Å². The molecule has 0 aliphatic rings. The second kappa shape index (κ2) is 40.4. The maximum Gasteiger partial charge on any atom is 0.306 e. The van der Waals surface area contributed by atoms with Crippen molar-refractivity contribution in [3.8, 4) is 0 Å². The minimum atomic E-state index is -1.36. The number of hydrogen-bond donors (Lipinski definition) is 2. The highest BCUT2D eigenvalue weighted by Gasteiger charge is 2.32. The second-order valence-electron chi connectivity index (χ2n) is 15.1. The average Bonchev–Trinajstić information content (AvgIpc) is 3.15. The standard InChI is InChI=1S/C45H84N2O7/c1-4-6-8-10-12-14-16-18-20-22-24-26-28-30-32-34-42(49)53-40-41(52-39-37-47(3)36-38-48)44(45(46)51)54-43(50)35-33-31-29-27-25-23-21-19-17-15-13-11-9-7-5-2/h18-21,41,44,48H,4-17,22-40H2,1-3H3,(H2,46,51)/b20-18-,21-19-. The van der Waals surface area contributed by atoms with E-state index in [1.807, 2.05) is 11.9 Å². The quantitative estimate of drug-likeness (QED) is 0.0358. The molecular formula is C45H84N2O7. The van der Waals surface area contributed by atoms with Crippen LogP contribution in [0.5, 0.6) is 0 Å². The number of rotatable bonds is 41. The number of primary amides is 1. The Morgan fingerprint density at radius 2 is 1.00 bits per heavy atom. The van der Waals surface area contributed by atoms with Crippen molar-refractivity contribution >= 4 is 17.8 Å². The van der Waals surface area contributed by atoms with E-state index >= 15 is 0 Å². The van der Waals surface area contributed by atoms with Crippen LogP contribution in [0.25, 0.3) is 0 Å². The summed E-state index contributed by atoms with van der Waals surface area (Å²) < 4.78 is 16.9. The number of carbonyl (C=O) groups is 3. The van der Waals surface area contributed by atoms with E-state index in [9.17, 15) is 19.5 Å². The predicted octanol–water partition coefficient (Wildman–Crippen LogP) is 10.3. The van der Waals surface area contributed by atoms with Crippen molar-refractivity contribution in [2.75, 3.05) is 40.0 Å². The number of likely N-dealkylation sites (N-methyl/N-ethyl adjacent to an activating group) is 1. The van der Waals surface area contributed by atoms with Gasteiger partial charge in [-0.3, -0.25) is 14.4 Å². The second-order valence-corrected chi connectivity index (χ2v) is 15.1. The summed E-state index contributed by atoms with van der Waals surface area (Å²) in [6, 6.07) is 0. The van der Waals surface area contributed by atoms with Crippen LogP contribution in [0, 0.1) is 0 Å². The number of aliphatic hydroxyl groups excluding tert-OH is 1. The maximum absolute atomic E-state index is 12.7. The van der Waals surface area contributed by atoms with E-state index in [-0.39, 0.29) is 38.6 Å². The summed E-state index contributed by atoms with van der Waals surface area (Å²) in [4.78, 5) is 39.6. The first-order valence-electron chi connectivity index (χ1n) is 22.2. The fourth-order valence-corrected chi connectivity index (χ4v) is 6.31. The van der Waals surface area contributed by atoms with Gasteiger partial charge in [-0.15, -0.1) is 0 Å². The molecule has 0 aliphatic heterocycles. The largest absolute Gasteiger partial charge is 0.463 e. The monoisotopic (exact) mass is 765 g/mol. The maximum atomic E-state index is 12.7. The third-order valence-electron chi connectivity index (χ3n) is 9.86. The van der Waals surface area contributed by atoms with Crippen molar-refractivity contribution in [1.82, 2.24) is 4.90 Å². The summed E-state index contributed by atoms with van der Waals surface area (Å²) in [7, 11) is 1.84. The van der Waals surface area contributed by atoms with Crippen molar-refractivity contribution in [2.24, 2.45) is 5.73 Å². The van der Waals surface area contributed by atoms with Gasteiger partial charge in [0.2, 0.25) is 6.10 Å². The van der Waals surface area contributed by atoms with Gasteiger partial charge in [0.1, 0.15) is 12.7 Å². The van der Waals surface area contributed by atoms with Crippen LogP contribution in [0.2, 0.25) is 0 Å². The number of hydrogen-bond acceptors (Lipinski definition) is 8. The lowest BCUT2D eigenvalue weighted by Gasteiger charge is -2.26. The van der Waals surface area contributed by atoms with E-state index in [0.717, 1.165) is 70.6 Å². The van der Waals surface area contributed by atoms with Crippen molar-refractivity contribution < 1.29 is 33.7 Å². The van der Waals surface area contributed by atoms with Crippen LogP contribution in [-0.2, 0) is 28.6 Å². The molecule has 54 heavy (non-hydrogen) atoms. The third-order valence-corrected chi connectivity index (χ3v) is 9.86. The first-order valence-corrected chi connectivity index (χ1v) is 22.2. The van der Waals surface area contributed by atoms with Crippen LogP contribution in [0.1, 0.15) is 194 Å². The summed E-state index contributed by atoms with van der Waals surface area (Å²) in [6.45, 7) is 5.38. The molecule has 2 unspecified atom stereocenters. The van der Waals surface area contributed by atoms with Crippen molar-refractivity contribution in [3.05, 3.63) is 24.3 Å². The molecule has 0 aromatic carbocycles. The molecule has 0 saturated carbocycles. The Morgan fingerprint density at radius 1 is 0.593 bits per heavy atom. The predicted molar refractivity (Wildman–Crippen MR) is 223 cm³/mol. The fraction of sp³-hybridized carbons (Fsp3) is 0.844. The average molecular weight is 765 g/mol. The molecule has 0 aliphatic carbocycles. The highest BCUT2D eigenvalue weighted by molar-refractivity contribution is 5.83. The lowest BCUT2D eigenvalue weighted by molar-refractivity contribution is -0.171. The Labute approximate surface area is 331 Å². The summed E-state index contributed by atoms with van der Waals surface area (Å²) in [5.74, 6) is -1.72. The van der Waals surface area contributed by atoms with Gasteiger partial charge in [-0.2, -0.15) is 0 Å². The molecule has 3 N–H and O–H groups in total. The summed E-state index contributed by atoms with van der Waals surface area (Å²) in [5.41, 5.74) is 5.67. The molecule has 0 bridgehead atoms. The number of carbonyl (C=O) groups excluding carboxylic acids is 3. The Bertz CT molecular complexity index is 926. The molecule has 0 aromatic heterocycles. The van der Waals surface area contributed by atoms with Gasteiger partial charge >= 0.3 is 11.9 Å². The normalized spacial score (nSPS) is 12.9. The lowest BCUT2D eigenvalue weighted by Crippen LogP contribution is -2.47. The van der Waals surface area contributed by atoms with E-state index in [1.165, 1.54) is 89.9 Å². The van der Waals surface area contributed by atoms with Crippen LogP contribution in [0.15, 0.2) is 24.3 Å². The van der Waals surface area contributed by atoms with Crippen LogP contribution < -0.4 is 5.73 Å². The van der Waals surface area contributed by atoms with Crippen molar-refractivity contribution in [2.45, 2.75) is 206 Å². The van der Waals surface area contributed by atoms with Crippen LogP contribution >= 0.6 is 0 Å². The molecule has 0 radical (unpaired) electrons. The molecule has 0 saturated heterocycles. The molecule has 9 heteroatoms. The first-order chi connectivity index (χ1) is 26.3. The zero-order chi connectivity index (χ0) is 39.7. The fourth-order valence-electron chi connectivity index (χ4n) is 6.31. The Morgan fingerprint density at radius 3 is 1.43 bits per heavy atom. The van der Waals surface area contributed by atoms with Crippen LogP contribution in [0.3, 0.4) is 0 Å². The van der Waals surface area contributed by atoms with E-state index < -0.39 is 24.1 Å². The number of ether oxygens (including phenoxy) is 3. The van der Waals surface area contributed by atoms with E-state index in [2.05, 4.69) is 38.2 Å². The summed E-state index contributed by atoms with van der Waals surface area (Å²) >= 11 is 0. The number of allylic oxidation sites excluding steroid dienone is 4. The number of unbranched alkanes of at least 4 members (excludes halogenated alkanes) is 22. The Kier molecular flexibility index (Phi) is 38.8. The number of amides is 1. The third kappa shape index (κ3) is 35.5. The van der Waals surface area contributed by atoms with Crippen molar-refractivity contribution in [3.63, 3.8) is 0 Å². The number of nitrogens with two attached hydrogens (primary N) is 1. The molecule has 316 valence electrons. The Hall–Kier alpha value is -2.23. The molecule has 0 spiro atoms. The zero-order valence-corrected chi connectivity index (χ0v) is 35.2. The lowest BCUT2D eigenvalue weighted by atomic mass is 10.1. The van der Waals surface area contributed by atoms with Gasteiger partial charge in [-0.25, -0.2) is 0 Å². The van der Waals surface area contributed by atoms with Gasteiger partial charge in [-0.1, -0.05) is 141 Å². The molecule has 0 fully saturated rings. The number of aliphatic hydroxyl groups is 1. The van der Waals surface area contributed by atoms with Gasteiger partial charge in [0.15, 0.2) is 0 Å². The van der Waals surface area contributed by atoms with Gasteiger partial charge in [0.05, 0.1) is 13.2 Å². The van der Waals surface area contributed by atoms with E-state index in [4.69, 9.17) is 19.9 Å². The van der Waals surface area contributed by atoms with Gasteiger partial charge in [0.25, 0.3) is 5.91 Å². The molecule has 2 atom stereocenters. The first kappa shape index (κ1) is 51.8. The number of nitrogens with zero attached hydrogens (tertiary/aromatic N) is 1. The molecule has 0 aromatic rings. The topological polar surface area (TPSA) is 128 Å². The molecule has 9 nitrogen and oxygen atoms in total. The number of esters is 2. The van der Waals surface area contributed by atoms with Gasteiger partial charge in [-0.05, 0) is 71.3 Å². The molecule has 0 heterocycles. The van der Waals surface area contributed by atoms with E-state index in [1.54, 1.807) is 0 Å². The van der Waals surface area contributed by atoms with Crippen LogP contribution in [-0.4, -0.2) is 80.0 Å². The van der Waals surface area contributed by atoms with E-state index in [0.29, 0.717) is 19.5 Å². The van der Waals surface area contributed by atoms with Gasteiger partial charge in [0, 0.05) is 25.9 Å². The highest BCUT2D eigenvalue weighted by atomic mass is 16.6. The molecule has 1 amide bonds. The summed E-state index contributed by atoms with van der Waals surface area (Å²) in [6.07, 6.45) is 37.8. The SMILES string of the molecule is CCCCCCCC/C=C\CCCCCCCC(=O)OCC(OCCN(C)CCO)C(OC(=O)CCCCCCC/C=C\CCCCCCCC)C(N)=O. The summed E-state index contributed by atoms with van der Waals surface area (Å²) in [5, 5.41) is 9.20.